The number of aromatic hydroxyl groups is 1. The van der Waals surface area contributed by atoms with Crippen LogP contribution in [0.2, 0.25) is 0 Å². The Kier molecular flexibility index (Phi) is 4.02. The quantitative estimate of drug-likeness (QED) is 0.755. The van der Waals surface area contributed by atoms with E-state index in [-0.39, 0.29) is 22.1 Å². The van der Waals surface area contributed by atoms with Crippen molar-refractivity contribution in [1.29, 1.82) is 0 Å². The van der Waals surface area contributed by atoms with Crippen molar-refractivity contribution in [3.8, 4) is 5.75 Å². The molecule has 0 fully saturated rings. The molecule has 0 aromatic carbocycles. The first kappa shape index (κ1) is 14.4. The second-order valence-electron chi connectivity index (χ2n) is 3.84. The van der Waals surface area contributed by atoms with Crippen LogP contribution < -0.4 is 10.5 Å². The minimum Gasteiger partial charge on any atom is -0.505 e. The molecule has 2 aromatic rings. The van der Waals surface area contributed by atoms with Crippen LogP contribution in [0, 0.1) is 0 Å². The lowest BCUT2D eigenvalue weighted by Crippen LogP contribution is -2.22. The minimum absolute atomic E-state index is 0.0357. The number of nitrogens with two attached hydrogens (primary N) is 1. The van der Waals surface area contributed by atoms with Crippen LogP contribution in [-0.4, -0.2) is 24.4 Å². The second-order valence-corrected chi connectivity index (χ2v) is 6.80. The summed E-state index contributed by atoms with van der Waals surface area (Å²) in [5.74, 6) is -0.697. The number of carbonyl (C=O) groups is 1. The van der Waals surface area contributed by atoms with Gasteiger partial charge in [0.2, 0.25) is 10.0 Å². The number of sulfonamides is 1. The van der Waals surface area contributed by atoms with Gasteiger partial charge in [-0.1, -0.05) is 0 Å². The molecule has 0 saturated heterocycles. The van der Waals surface area contributed by atoms with Crippen LogP contribution in [0.3, 0.4) is 0 Å². The predicted molar refractivity (Wildman–Crippen MR) is 72.8 cm³/mol. The zero-order valence-corrected chi connectivity index (χ0v) is 11.7. The van der Waals surface area contributed by atoms with Crippen molar-refractivity contribution in [2.24, 2.45) is 5.14 Å². The first-order chi connectivity index (χ1) is 9.38. The fourth-order valence-electron chi connectivity index (χ4n) is 1.45. The number of thiophene rings is 1. The Bertz CT molecular complexity index is 740. The molecule has 0 atom stereocenters. The summed E-state index contributed by atoms with van der Waals surface area (Å²) in [5, 5.41) is 17.0. The summed E-state index contributed by atoms with van der Waals surface area (Å²) < 4.78 is 22.3. The molecule has 0 aliphatic carbocycles. The predicted octanol–water partition coefficient (Wildman–Crippen LogP) is 0.426. The number of hydrogen-bond donors (Lipinski definition) is 3. The number of rotatable bonds is 4. The zero-order valence-electron chi connectivity index (χ0n) is 10.1. The van der Waals surface area contributed by atoms with Gasteiger partial charge in [-0.2, -0.15) is 0 Å². The topological polar surface area (TPSA) is 122 Å². The summed E-state index contributed by atoms with van der Waals surface area (Å²) in [6.45, 7) is 0.140. The van der Waals surface area contributed by atoms with Crippen molar-refractivity contribution in [3.05, 3.63) is 41.0 Å². The van der Waals surface area contributed by atoms with E-state index >= 15 is 0 Å². The molecule has 20 heavy (non-hydrogen) atoms. The first-order valence-electron chi connectivity index (χ1n) is 5.40. The summed E-state index contributed by atoms with van der Waals surface area (Å²) in [5.41, 5.74) is 0.100. The third-order valence-corrected chi connectivity index (χ3v) is 4.91. The molecule has 0 unspecified atom stereocenters. The molecule has 2 rings (SSSR count). The van der Waals surface area contributed by atoms with Crippen molar-refractivity contribution in [2.45, 2.75) is 10.8 Å². The van der Waals surface area contributed by atoms with Gasteiger partial charge < -0.3 is 10.4 Å². The number of primary sulfonamides is 1. The Morgan fingerprint density at radius 1 is 1.40 bits per heavy atom. The molecule has 0 bridgehead atoms. The van der Waals surface area contributed by atoms with Gasteiger partial charge in [-0.25, -0.2) is 13.6 Å². The van der Waals surface area contributed by atoms with E-state index in [2.05, 4.69) is 10.3 Å². The number of nitrogens with zero attached hydrogens (tertiary/aromatic N) is 1. The zero-order chi connectivity index (χ0) is 14.8. The van der Waals surface area contributed by atoms with Gasteiger partial charge in [0.1, 0.15) is 9.96 Å². The highest BCUT2D eigenvalue weighted by molar-refractivity contribution is 7.91. The highest BCUT2D eigenvalue weighted by atomic mass is 32.2. The van der Waals surface area contributed by atoms with Gasteiger partial charge in [0, 0.05) is 11.1 Å². The standard InChI is InChI=1S/C11H11N3O4S2/c12-20(17,18)10-2-1-7(19-10)5-14-11(16)8-3-4-13-6-9(8)15/h1-4,6,15H,5H2,(H,14,16)(H2,12,17,18). The maximum absolute atomic E-state index is 11.8. The molecule has 0 aliphatic heterocycles. The van der Waals surface area contributed by atoms with Gasteiger partial charge in [-0.3, -0.25) is 9.78 Å². The number of carbonyl (C=O) groups excluding carboxylic acids is 1. The maximum Gasteiger partial charge on any atom is 0.255 e. The molecular weight excluding hydrogens is 302 g/mol. The molecule has 7 nitrogen and oxygen atoms in total. The minimum atomic E-state index is -3.72. The van der Waals surface area contributed by atoms with E-state index in [1.807, 2.05) is 0 Å². The highest BCUT2D eigenvalue weighted by Gasteiger charge is 2.13. The van der Waals surface area contributed by atoms with Crippen molar-refractivity contribution in [1.82, 2.24) is 10.3 Å². The number of pyridine rings is 1. The number of hydrogen-bond acceptors (Lipinski definition) is 6. The normalized spacial score (nSPS) is 11.2. The molecule has 106 valence electrons. The third-order valence-electron chi connectivity index (χ3n) is 2.39. The van der Waals surface area contributed by atoms with Gasteiger partial charge in [-0.15, -0.1) is 11.3 Å². The summed E-state index contributed by atoms with van der Waals surface area (Å²) in [6.07, 6.45) is 2.55. The lowest BCUT2D eigenvalue weighted by molar-refractivity contribution is 0.0948. The Morgan fingerprint density at radius 2 is 2.15 bits per heavy atom. The fourth-order valence-corrected chi connectivity index (χ4v) is 3.17. The van der Waals surface area contributed by atoms with Gasteiger partial charge in [0.15, 0.2) is 0 Å². The van der Waals surface area contributed by atoms with Gasteiger partial charge in [0.05, 0.1) is 18.3 Å². The molecule has 1 amide bonds. The molecule has 2 heterocycles. The van der Waals surface area contributed by atoms with E-state index in [1.165, 1.54) is 24.5 Å². The largest absolute Gasteiger partial charge is 0.505 e. The van der Waals surface area contributed by atoms with Crippen molar-refractivity contribution >= 4 is 27.3 Å². The van der Waals surface area contributed by atoms with Gasteiger partial charge >= 0.3 is 0 Å². The molecule has 0 radical (unpaired) electrons. The Hall–Kier alpha value is -1.97. The Balaban J connectivity index is 2.04. The van der Waals surface area contributed by atoms with Crippen LogP contribution in [0.25, 0.3) is 0 Å². The smallest absolute Gasteiger partial charge is 0.255 e. The lowest BCUT2D eigenvalue weighted by Gasteiger charge is -2.04. The van der Waals surface area contributed by atoms with E-state index in [4.69, 9.17) is 5.14 Å². The summed E-state index contributed by atoms with van der Waals surface area (Å²) in [4.78, 5) is 16.1. The SMILES string of the molecule is NS(=O)(=O)c1ccc(CNC(=O)c2ccncc2O)s1. The first-order valence-corrected chi connectivity index (χ1v) is 7.77. The van der Waals surface area contributed by atoms with Crippen molar-refractivity contribution in [3.63, 3.8) is 0 Å². The summed E-state index contributed by atoms with van der Waals surface area (Å²) in [7, 11) is -3.72. The van der Waals surface area contributed by atoms with Crippen LogP contribution in [0.1, 0.15) is 15.2 Å². The van der Waals surface area contributed by atoms with Crippen LogP contribution in [0.5, 0.6) is 5.75 Å². The number of aromatic nitrogens is 1. The average molecular weight is 313 g/mol. The highest BCUT2D eigenvalue weighted by Crippen LogP contribution is 2.20. The van der Waals surface area contributed by atoms with Crippen LogP contribution in [0.4, 0.5) is 0 Å². The van der Waals surface area contributed by atoms with E-state index < -0.39 is 15.9 Å². The van der Waals surface area contributed by atoms with Gasteiger partial charge in [0.25, 0.3) is 5.91 Å². The van der Waals surface area contributed by atoms with E-state index in [9.17, 15) is 18.3 Å². The van der Waals surface area contributed by atoms with Crippen molar-refractivity contribution < 1.29 is 18.3 Å². The molecule has 0 aliphatic rings. The molecular formula is C11H11N3O4S2. The van der Waals surface area contributed by atoms with E-state index in [0.29, 0.717) is 4.88 Å². The number of nitrogens with one attached hydrogen (secondary N) is 1. The van der Waals surface area contributed by atoms with Crippen molar-refractivity contribution in [2.75, 3.05) is 0 Å². The lowest BCUT2D eigenvalue weighted by atomic mass is 10.2. The molecule has 4 N–H and O–H groups in total. The summed E-state index contributed by atoms with van der Waals surface area (Å²) in [6, 6.07) is 4.33. The maximum atomic E-state index is 11.8. The molecule has 0 spiro atoms. The van der Waals surface area contributed by atoms with E-state index in [1.54, 1.807) is 6.07 Å². The molecule has 0 saturated carbocycles. The summed E-state index contributed by atoms with van der Waals surface area (Å²) >= 11 is 0.979. The average Bonchev–Trinajstić information content (AvgIpc) is 2.85. The Morgan fingerprint density at radius 3 is 2.75 bits per heavy atom. The second kappa shape index (κ2) is 5.57. The Labute approximate surface area is 119 Å². The molecule has 2 aromatic heterocycles. The van der Waals surface area contributed by atoms with Crippen LogP contribution >= 0.6 is 11.3 Å². The fraction of sp³-hybridized carbons (Fsp3) is 0.0909. The monoisotopic (exact) mass is 313 g/mol. The third kappa shape index (κ3) is 3.32. The molecule has 9 heteroatoms. The van der Waals surface area contributed by atoms with E-state index in [0.717, 1.165) is 11.3 Å². The van der Waals surface area contributed by atoms with Crippen LogP contribution in [-0.2, 0) is 16.6 Å². The van der Waals surface area contributed by atoms with Crippen LogP contribution in [0.15, 0.2) is 34.8 Å². The van der Waals surface area contributed by atoms with Gasteiger partial charge in [-0.05, 0) is 18.2 Å². The number of amides is 1.